The van der Waals surface area contributed by atoms with Gasteiger partial charge in [-0.3, -0.25) is 4.98 Å². The monoisotopic (exact) mass is 248 g/mol. The number of pyridine rings is 1. The standard InChI is InChI=1S/C11H15F3N2O/c1-3-15-6-9-4-5-16-7-10(9)17-8(2)11(12,13)14/h4-5,7-8,15H,3,6H2,1-2H3. The zero-order chi connectivity index (χ0) is 12.9. The van der Waals surface area contributed by atoms with Crippen molar-refractivity contribution in [3.8, 4) is 5.75 Å². The molecule has 0 amide bonds. The lowest BCUT2D eigenvalue weighted by molar-refractivity contribution is -0.189. The molecule has 0 radical (unpaired) electrons. The van der Waals surface area contributed by atoms with E-state index in [1.807, 2.05) is 6.92 Å². The van der Waals surface area contributed by atoms with Gasteiger partial charge in [-0.05, 0) is 19.5 Å². The molecular formula is C11H15F3N2O. The van der Waals surface area contributed by atoms with E-state index in [2.05, 4.69) is 10.3 Å². The molecule has 0 aliphatic heterocycles. The molecule has 0 bridgehead atoms. The Labute approximate surface area is 98.0 Å². The minimum absolute atomic E-state index is 0.165. The summed E-state index contributed by atoms with van der Waals surface area (Å²) in [6.07, 6.45) is -3.38. The number of hydrogen-bond donors (Lipinski definition) is 1. The summed E-state index contributed by atoms with van der Waals surface area (Å²) in [5, 5.41) is 3.03. The Morgan fingerprint density at radius 1 is 1.47 bits per heavy atom. The number of halogens is 3. The third kappa shape index (κ3) is 4.22. The van der Waals surface area contributed by atoms with Gasteiger partial charge in [-0.1, -0.05) is 6.92 Å². The Kier molecular flexibility index (Phi) is 4.74. The van der Waals surface area contributed by atoms with Crippen LogP contribution in [-0.2, 0) is 6.54 Å². The summed E-state index contributed by atoms with van der Waals surface area (Å²) in [5.74, 6) is 0.165. The highest BCUT2D eigenvalue weighted by atomic mass is 19.4. The van der Waals surface area contributed by atoms with Crippen molar-refractivity contribution in [1.82, 2.24) is 10.3 Å². The lowest BCUT2D eigenvalue weighted by atomic mass is 10.2. The smallest absolute Gasteiger partial charge is 0.425 e. The van der Waals surface area contributed by atoms with Gasteiger partial charge in [-0.15, -0.1) is 0 Å². The number of rotatable bonds is 5. The van der Waals surface area contributed by atoms with Crippen molar-refractivity contribution in [2.45, 2.75) is 32.7 Å². The molecule has 6 heteroatoms. The topological polar surface area (TPSA) is 34.2 Å². The van der Waals surface area contributed by atoms with Crippen LogP contribution >= 0.6 is 0 Å². The predicted molar refractivity (Wildman–Crippen MR) is 57.8 cm³/mol. The molecule has 0 aliphatic rings. The van der Waals surface area contributed by atoms with Crippen LogP contribution in [0.2, 0.25) is 0 Å². The van der Waals surface area contributed by atoms with Gasteiger partial charge in [0.25, 0.3) is 0 Å². The molecule has 0 aliphatic carbocycles. The SMILES string of the molecule is CCNCc1ccncc1OC(C)C(F)(F)F. The van der Waals surface area contributed by atoms with E-state index in [1.54, 1.807) is 6.07 Å². The van der Waals surface area contributed by atoms with Crippen LogP contribution in [0.25, 0.3) is 0 Å². The normalized spacial score (nSPS) is 13.5. The van der Waals surface area contributed by atoms with Gasteiger partial charge in [0.2, 0.25) is 0 Å². The molecule has 17 heavy (non-hydrogen) atoms. The van der Waals surface area contributed by atoms with Gasteiger partial charge >= 0.3 is 6.18 Å². The Hall–Kier alpha value is -1.30. The molecule has 1 atom stereocenters. The summed E-state index contributed by atoms with van der Waals surface area (Å²) in [6.45, 7) is 4.08. The Morgan fingerprint density at radius 3 is 2.76 bits per heavy atom. The first-order chi connectivity index (χ1) is 7.95. The molecule has 0 saturated heterocycles. The molecule has 1 rings (SSSR count). The Morgan fingerprint density at radius 2 is 2.18 bits per heavy atom. The van der Waals surface area contributed by atoms with Crippen molar-refractivity contribution >= 4 is 0 Å². The molecule has 0 fully saturated rings. The fourth-order valence-electron chi connectivity index (χ4n) is 1.18. The molecule has 1 aromatic rings. The minimum atomic E-state index is -4.37. The van der Waals surface area contributed by atoms with E-state index in [0.717, 1.165) is 13.5 Å². The van der Waals surface area contributed by atoms with Crippen LogP contribution in [0, 0.1) is 0 Å². The molecule has 1 heterocycles. The maximum atomic E-state index is 12.4. The highest BCUT2D eigenvalue weighted by Gasteiger charge is 2.38. The van der Waals surface area contributed by atoms with Crippen LogP contribution < -0.4 is 10.1 Å². The number of aromatic nitrogens is 1. The second-order valence-corrected chi connectivity index (χ2v) is 3.57. The summed E-state index contributed by atoms with van der Waals surface area (Å²) in [6, 6.07) is 1.64. The Bertz CT molecular complexity index is 355. The van der Waals surface area contributed by atoms with Crippen molar-refractivity contribution in [1.29, 1.82) is 0 Å². The molecule has 0 saturated carbocycles. The number of nitrogens with zero attached hydrogens (tertiary/aromatic N) is 1. The van der Waals surface area contributed by atoms with E-state index in [0.29, 0.717) is 12.1 Å². The van der Waals surface area contributed by atoms with Crippen molar-refractivity contribution < 1.29 is 17.9 Å². The first-order valence-electron chi connectivity index (χ1n) is 5.32. The molecule has 1 unspecified atom stereocenters. The molecule has 0 aromatic carbocycles. The summed E-state index contributed by atoms with van der Waals surface area (Å²) in [5.41, 5.74) is 0.665. The molecule has 0 spiro atoms. The molecule has 3 nitrogen and oxygen atoms in total. The van der Waals surface area contributed by atoms with Crippen LogP contribution in [0.5, 0.6) is 5.75 Å². The summed E-state index contributed by atoms with van der Waals surface area (Å²) in [4.78, 5) is 3.77. The number of nitrogens with one attached hydrogen (secondary N) is 1. The molecule has 96 valence electrons. The lowest BCUT2D eigenvalue weighted by Crippen LogP contribution is -2.31. The van der Waals surface area contributed by atoms with E-state index in [-0.39, 0.29) is 5.75 Å². The first-order valence-corrected chi connectivity index (χ1v) is 5.32. The van der Waals surface area contributed by atoms with Crippen LogP contribution in [0.3, 0.4) is 0 Å². The molecule has 1 aromatic heterocycles. The van der Waals surface area contributed by atoms with Crippen LogP contribution in [0.4, 0.5) is 13.2 Å². The van der Waals surface area contributed by atoms with Gasteiger partial charge < -0.3 is 10.1 Å². The highest BCUT2D eigenvalue weighted by Crippen LogP contribution is 2.26. The van der Waals surface area contributed by atoms with E-state index >= 15 is 0 Å². The van der Waals surface area contributed by atoms with Gasteiger partial charge in [0.15, 0.2) is 6.10 Å². The average molecular weight is 248 g/mol. The van der Waals surface area contributed by atoms with Crippen molar-refractivity contribution in [2.75, 3.05) is 6.54 Å². The van der Waals surface area contributed by atoms with Crippen LogP contribution in [0.15, 0.2) is 18.5 Å². The maximum Gasteiger partial charge on any atom is 0.425 e. The third-order valence-electron chi connectivity index (χ3n) is 2.20. The first kappa shape index (κ1) is 13.8. The zero-order valence-electron chi connectivity index (χ0n) is 9.71. The van der Waals surface area contributed by atoms with Crippen molar-refractivity contribution in [2.24, 2.45) is 0 Å². The van der Waals surface area contributed by atoms with Gasteiger partial charge in [0.1, 0.15) is 5.75 Å². The quantitative estimate of drug-likeness (QED) is 0.869. The average Bonchev–Trinajstić information content (AvgIpc) is 2.26. The van der Waals surface area contributed by atoms with E-state index in [9.17, 15) is 13.2 Å². The minimum Gasteiger partial charge on any atom is -0.479 e. The predicted octanol–water partition coefficient (Wildman–Crippen LogP) is 2.52. The largest absolute Gasteiger partial charge is 0.479 e. The second kappa shape index (κ2) is 5.86. The highest BCUT2D eigenvalue weighted by molar-refractivity contribution is 5.29. The van der Waals surface area contributed by atoms with Gasteiger partial charge in [-0.25, -0.2) is 0 Å². The van der Waals surface area contributed by atoms with Crippen molar-refractivity contribution in [3.63, 3.8) is 0 Å². The van der Waals surface area contributed by atoms with Crippen LogP contribution in [-0.4, -0.2) is 23.8 Å². The van der Waals surface area contributed by atoms with E-state index in [1.165, 1.54) is 12.4 Å². The van der Waals surface area contributed by atoms with Gasteiger partial charge in [0.05, 0.1) is 6.20 Å². The van der Waals surface area contributed by atoms with Gasteiger partial charge in [0, 0.05) is 18.3 Å². The fourth-order valence-corrected chi connectivity index (χ4v) is 1.18. The summed E-state index contributed by atoms with van der Waals surface area (Å²) < 4.78 is 42.0. The summed E-state index contributed by atoms with van der Waals surface area (Å²) >= 11 is 0. The van der Waals surface area contributed by atoms with Crippen molar-refractivity contribution in [3.05, 3.63) is 24.0 Å². The zero-order valence-corrected chi connectivity index (χ0v) is 9.71. The Balaban J connectivity index is 2.76. The molecular weight excluding hydrogens is 233 g/mol. The number of ether oxygens (including phenoxy) is 1. The summed E-state index contributed by atoms with van der Waals surface area (Å²) in [7, 11) is 0. The third-order valence-corrected chi connectivity index (χ3v) is 2.20. The second-order valence-electron chi connectivity index (χ2n) is 3.57. The fraction of sp³-hybridized carbons (Fsp3) is 0.545. The van der Waals surface area contributed by atoms with E-state index < -0.39 is 12.3 Å². The molecule has 1 N–H and O–H groups in total. The lowest BCUT2D eigenvalue weighted by Gasteiger charge is -2.19. The van der Waals surface area contributed by atoms with E-state index in [4.69, 9.17) is 4.74 Å². The number of alkyl halides is 3. The number of hydrogen-bond acceptors (Lipinski definition) is 3. The van der Waals surface area contributed by atoms with Crippen LogP contribution in [0.1, 0.15) is 19.4 Å². The maximum absolute atomic E-state index is 12.4. The van der Waals surface area contributed by atoms with Gasteiger partial charge in [-0.2, -0.15) is 13.2 Å².